The molecule has 0 saturated heterocycles. The van der Waals surface area contributed by atoms with Crippen molar-refractivity contribution >= 4 is 34.1 Å². The van der Waals surface area contributed by atoms with Gasteiger partial charge in [0.1, 0.15) is 11.2 Å². The minimum Gasteiger partial charge on any atom is -0.383 e. The van der Waals surface area contributed by atoms with E-state index in [1.807, 2.05) is 12.1 Å². The minimum atomic E-state index is 0.410. The molecule has 5 heteroatoms. The van der Waals surface area contributed by atoms with Crippen molar-refractivity contribution in [3.8, 4) is 6.07 Å². The van der Waals surface area contributed by atoms with Crippen molar-refractivity contribution in [2.75, 3.05) is 13.7 Å². The summed E-state index contributed by atoms with van der Waals surface area (Å²) in [5, 5.41) is 10.9. The first-order valence-corrected chi connectivity index (χ1v) is 5.81. The average molecular weight is 269 g/mol. The molecule has 0 atom stereocenters. The highest BCUT2D eigenvalue weighted by Crippen LogP contribution is 2.33. The van der Waals surface area contributed by atoms with Gasteiger partial charge in [-0.15, -0.1) is 0 Å². The van der Waals surface area contributed by atoms with E-state index < -0.39 is 0 Å². The van der Waals surface area contributed by atoms with E-state index in [1.54, 1.807) is 17.7 Å². The van der Waals surface area contributed by atoms with Crippen molar-refractivity contribution in [1.29, 1.82) is 5.26 Å². The fourth-order valence-electron chi connectivity index (χ4n) is 1.83. The number of fused-ring (bicyclic) bond motifs is 1. The van der Waals surface area contributed by atoms with Crippen molar-refractivity contribution in [2.45, 2.75) is 6.54 Å². The lowest BCUT2D eigenvalue weighted by atomic mass is 10.2. The van der Waals surface area contributed by atoms with Crippen LogP contribution >= 0.6 is 23.2 Å². The number of halogens is 2. The van der Waals surface area contributed by atoms with Crippen molar-refractivity contribution < 1.29 is 4.74 Å². The predicted octanol–water partition coefficient (Wildman–Crippen LogP) is 3.47. The van der Waals surface area contributed by atoms with E-state index in [0.29, 0.717) is 28.9 Å². The Kier molecular flexibility index (Phi) is 3.58. The van der Waals surface area contributed by atoms with E-state index in [4.69, 9.17) is 33.2 Å². The highest BCUT2D eigenvalue weighted by Gasteiger charge is 2.17. The highest BCUT2D eigenvalue weighted by atomic mass is 35.5. The Labute approximate surface area is 109 Å². The van der Waals surface area contributed by atoms with Gasteiger partial charge in [0.15, 0.2) is 0 Å². The topological polar surface area (TPSA) is 38.0 Å². The molecule has 0 aliphatic rings. The second-order valence-electron chi connectivity index (χ2n) is 3.56. The quantitative estimate of drug-likeness (QED) is 0.855. The maximum atomic E-state index is 9.12. The lowest BCUT2D eigenvalue weighted by Crippen LogP contribution is -2.04. The van der Waals surface area contributed by atoms with Crippen LogP contribution in [-0.2, 0) is 11.3 Å². The Morgan fingerprint density at radius 2 is 2.18 bits per heavy atom. The average Bonchev–Trinajstić information content (AvgIpc) is 2.60. The molecule has 1 heterocycles. The number of hydrogen-bond donors (Lipinski definition) is 0. The third-order valence-corrected chi connectivity index (χ3v) is 3.30. The van der Waals surface area contributed by atoms with Crippen LogP contribution < -0.4 is 0 Å². The Morgan fingerprint density at radius 1 is 1.41 bits per heavy atom. The number of rotatable bonds is 3. The number of methoxy groups -OCH3 is 1. The molecular weight excluding hydrogens is 259 g/mol. The molecule has 0 radical (unpaired) electrons. The zero-order valence-electron chi connectivity index (χ0n) is 9.20. The molecule has 1 aromatic carbocycles. The summed E-state index contributed by atoms with van der Waals surface area (Å²) in [5.74, 6) is 0. The van der Waals surface area contributed by atoms with Gasteiger partial charge in [-0.1, -0.05) is 35.3 Å². The molecule has 0 unspecified atom stereocenters. The maximum absolute atomic E-state index is 9.12. The van der Waals surface area contributed by atoms with Gasteiger partial charge in [0.25, 0.3) is 0 Å². The second kappa shape index (κ2) is 4.97. The van der Waals surface area contributed by atoms with Crippen LogP contribution in [0.5, 0.6) is 0 Å². The number of nitrogens with zero attached hydrogens (tertiary/aromatic N) is 2. The molecular formula is C12H10Cl2N2O. The number of hydrogen-bond acceptors (Lipinski definition) is 2. The van der Waals surface area contributed by atoms with Crippen molar-refractivity contribution in [3.05, 3.63) is 33.9 Å². The molecule has 0 aliphatic carbocycles. The monoisotopic (exact) mass is 268 g/mol. The fourth-order valence-corrected chi connectivity index (χ4v) is 2.42. The first-order valence-electron chi connectivity index (χ1n) is 5.06. The molecule has 1 aromatic heterocycles. The lowest BCUT2D eigenvalue weighted by Gasteiger charge is -2.06. The summed E-state index contributed by atoms with van der Waals surface area (Å²) in [5.41, 5.74) is 1.24. The molecule has 0 saturated carbocycles. The van der Waals surface area contributed by atoms with Gasteiger partial charge in [-0.3, -0.25) is 0 Å². The van der Waals surface area contributed by atoms with Gasteiger partial charge in [-0.05, 0) is 6.07 Å². The van der Waals surface area contributed by atoms with E-state index in [-0.39, 0.29) is 0 Å². The molecule has 2 rings (SSSR count). The van der Waals surface area contributed by atoms with Gasteiger partial charge in [-0.25, -0.2) is 0 Å². The second-order valence-corrected chi connectivity index (χ2v) is 4.32. The Hall–Kier alpha value is -1.21. The fraction of sp³-hybridized carbons (Fsp3) is 0.250. The van der Waals surface area contributed by atoms with E-state index in [2.05, 4.69) is 6.07 Å². The number of para-hydroxylation sites is 1. The smallest absolute Gasteiger partial charge is 0.128 e. The molecule has 17 heavy (non-hydrogen) atoms. The summed E-state index contributed by atoms with van der Waals surface area (Å²) in [6.07, 6.45) is 0. The highest BCUT2D eigenvalue weighted by molar-refractivity contribution is 6.37. The number of benzene rings is 1. The number of nitriles is 1. The van der Waals surface area contributed by atoms with Gasteiger partial charge in [0.2, 0.25) is 0 Å². The zero-order chi connectivity index (χ0) is 12.4. The number of ether oxygens (including phenoxy) is 1. The van der Waals surface area contributed by atoms with Crippen LogP contribution in [0.3, 0.4) is 0 Å². The van der Waals surface area contributed by atoms with Gasteiger partial charge in [-0.2, -0.15) is 5.26 Å². The van der Waals surface area contributed by atoms with Crippen LogP contribution in [0.15, 0.2) is 18.2 Å². The summed E-state index contributed by atoms with van der Waals surface area (Å²) >= 11 is 12.3. The Balaban J connectivity index is 2.73. The largest absolute Gasteiger partial charge is 0.383 e. The molecule has 0 bridgehead atoms. The van der Waals surface area contributed by atoms with Crippen LogP contribution in [0.1, 0.15) is 5.56 Å². The lowest BCUT2D eigenvalue weighted by molar-refractivity contribution is 0.188. The van der Waals surface area contributed by atoms with Crippen molar-refractivity contribution in [3.63, 3.8) is 0 Å². The third-order valence-electron chi connectivity index (χ3n) is 2.60. The van der Waals surface area contributed by atoms with E-state index in [1.165, 1.54) is 0 Å². The summed E-state index contributed by atoms with van der Waals surface area (Å²) in [4.78, 5) is 0. The standard InChI is InChI=1S/C12H10Cl2N2O/c1-17-6-5-16-11-8(3-2-4-10(11)13)9(7-15)12(16)14/h2-4H,5-6H2,1H3. The van der Waals surface area contributed by atoms with Crippen molar-refractivity contribution in [1.82, 2.24) is 4.57 Å². The third kappa shape index (κ3) is 2.00. The zero-order valence-corrected chi connectivity index (χ0v) is 10.7. The van der Waals surface area contributed by atoms with E-state index in [9.17, 15) is 0 Å². The molecule has 0 N–H and O–H groups in total. The maximum Gasteiger partial charge on any atom is 0.128 e. The summed E-state index contributed by atoms with van der Waals surface area (Å²) in [7, 11) is 1.62. The molecule has 0 spiro atoms. The predicted molar refractivity (Wildman–Crippen MR) is 68.5 cm³/mol. The molecule has 0 fully saturated rings. The molecule has 3 nitrogen and oxygen atoms in total. The molecule has 0 amide bonds. The summed E-state index contributed by atoms with van der Waals surface area (Å²) < 4.78 is 6.83. The normalized spacial score (nSPS) is 10.7. The van der Waals surface area contributed by atoms with Crippen LogP contribution in [-0.4, -0.2) is 18.3 Å². The molecule has 0 aliphatic heterocycles. The van der Waals surface area contributed by atoms with Gasteiger partial charge >= 0.3 is 0 Å². The van der Waals surface area contributed by atoms with Gasteiger partial charge < -0.3 is 9.30 Å². The number of aromatic nitrogens is 1. The Morgan fingerprint density at radius 3 is 2.82 bits per heavy atom. The molecule has 88 valence electrons. The first-order chi connectivity index (χ1) is 8.20. The van der Waals surface area contributed by atoms with Crippen molar-refractivity contribution in [2.24, 2.45) is 0 Å². The minimum absolute atomic E-state index is 0.410. The summed E-state index contributed by atoms with van der Waals surface area (Å²) in [6.45, 7) is 1.08. The summed E-state index contributed by atoms with van der Waals surface area (Å²) in [6, 6.07) is 7.54. The van der Waals surface area contributed by atoms with Crippen LogP contribution in [0.4, 0.5) is 0 Å². The van der Waals surface area contributed by atoms with Crippen LogP contribution in [0.25, 0.3) is 10.9 Å². The first kappa shape index (κ1) is 12.3. The van der Waals surface area contributed by atoms with Crippen LogP contribution in [0.2, 0.25) is 10.2 Å². The van der Waals surface area contributed by atoms with E-state index >= 15 is 0 Å². The molecule has 2 aromatic rings. The van der Waals surface area contributed by atoms with Gasteiger partial charge in [0, 0.05) is 19.0 Å². The Bertz CT molecular complexity index is 599. The van der Waals surface area contributed by atoms with Gasteiger partial charge in [0.05, 0.1) is 22.7 Å². The van der Waals surface area contributed by atoms with E-state index in [0.717, 1.165) is 10.9 Å². The SMILES string of the molecule is COCCn1c(Cl)c(C#N)c2cccc(Cl)c21. The van der Waals surface area contributed by atoms with Crippen LogP contribution in [0, 0.1) is 11.3 Å².